The van der Waals surface area contributed by atoms with Gasteiger partial charge in [-0.25, -0.2) is 9.97 Å². The van der Waals surface area contributed by atoms with Crippen LogP contribution in [0.2, 0.25) is 0 Å². The standard InChI is InChI=1S/C13H24N4/c1-6-14-7-11-8-15-12(16-9-11)17(5)10-13(2,3)4/h8-9,14H,6-7,10H2,1-5H3. The van der Waals surface area contributed by atoms with Gasteiger partial charge in [-0.05, 0) is 12.0 Å². The van der Waals surface area contributed by atoms with Crippen LogP contribution in [-0.2, 0) is 6.54 Å². The molecule has 1 N–H and O–H groups in total. The van der Waals surface area contributed by atoms with Crippen molar-refractivity contribution in [1.82, 2.24) is 15.3 Å². The van der Waals surface area contributed by atoms with Crippen LogP contribution in [0.1, 0.15) is 33.3 Å². The lowest BCUT2D eigenvalue weighted by molar-refractivity contribution is 0.416. The molecule has 96 valence electrons. The van der Waals surface area contributed by atoms with Gasteiger partial charge in [-0.3, -0.25) is 0 Å². The second-order valence-electron chi connectivity index (χ2n) is 5.59. The third kappa shape index (κ3) is 5.13. The van der Waals surface area contributed by atoms with Crippen molar-refractivity contribution in [3.63, 3.8) is 0 Å². The van der Waals surface area contributed by atoms with E-state index in [4.69, 9.17) is 0 Å². The van der Waals surface area contributed by atoms with Gasteiger partial charge in [0.05, 0.1) is 0 Å². The van der Waals surface area contributed by atoms with E-state index in [1.165, 1.54) is 0 Å². The van der Waals surface area contributed by atoms with Gasteiger partial charge in [-0.1, -0.05) is 27.7 Å². The smallest absolute Gasteiger partial charge is 0.225 e. The van der Waals surface area contributed by atoms with Crippen LogP contribution in [0, 0.1) is 5.41 Å². The first kappa shape index (κ1) is 13.9. The second-order valence-corrected chi connectivity index (χ2v) is 5.59. The molecule has 0 radical (unpaired) electrons. The zero-order chi connectivity index (χ0) is 12.9. The van der Waals surface area contributed by atoms with Crippen LogP contribution in [0.3, 0.4) is 0 Å². The van der Waals surface area contributed by atoms with Gasteiger partial charge in [0.2, 0.25) is 5.95 Å². The summed E-state index contributed by atoms with van der Waals surface area (Å²) >= 11 is 0. The molecule has 1 aromatic heterocycles. The lowest BCUT2D eigenvalue weighted by Crippen LogP contribution is -2.30. The van der Waals surface area contributed by atoms with Crippen LogP contribution in [0.5, 0.6) is 0 Å². The molecule has 1 aromatic rings. The monoisotopic (exact) mass is 236 g/mol. The van der Waals surface area contributed by atoms with Crippen LogP contribution >= 0.6 is 0 Å². The number of aromatic nitrogens is 2. The summed E-state index contributed by atoms with van der Waals surface area (Å²) in [5.74, 6) is 0.792. The summed E-state index contributed by atoms with van der Waals surface area (Å²) < 4.78 is 0. The Hall–Kier alpha value is -1.16. The molecule has 0 saturated heterocycles. The summed E-state index contributed by atoms with van der Waals surface area (Å²) in [6, 6.07) is 0. The maximum absolute atomic E-state index is 4.39. The number of hydrogen-bond acceptors (Lipinski definition) is 4. The molecule has 0 amide bonds. The topological polar surface area (TPSA) is 41.1 Å². The predicted molar refractivity (Wildman–Crippen MR) is 72.1 cm³/mol. The SMILES string of the molecule is CCNCc1cnc(N(C)CC(C)(C)C)nc1. The van der Waals surface area contributed by atoms with Crippen LogP contribution in [-0.4, -0.2) is 30.1 Å². The minimum atomic E-state index is 0.251. The normalized spacial score (nSPS) is 11.6. The molecular formula is C13H24N4. The molecule has 1 rings (SSSR count). The number of nitrogens with zero attached hydrogens (tertiary/aromatic N) is 3. The van der Waals surface area contributed by atoms with Crippen LogP contribution in [0.4, 0.5) is 5.95 Å². The van der Waals surface area contributed by atoms with Crippen molar-refractivity contribution in [2.24, 2.45) is 5.41 Å². The highest BCUT2D eigenvalue weighted by Gasteiger charge is 2.15. The fourth-order valence-electron chi connectivity index (χ4n) is 1.69. The molecule has 0 unspecified atom stereocenters. The van der Waals surface area contributed by atoms with Crippen molar-refractivity contribution in [2.45, 2.75) is 34.2 Å². The average molecular weight is 236 g/mol. The van der Waals surface area contributed by atoms with Gasteiger partial charge in [0, 0.05) is 38.1 Å². The third-order valence-corrected chi connectivity index (χ3v) is 2.32. The number of nitrogens with one attached hydrogen (secondary N) is 1. The summed E-state index contributed by atoms with van der Waals surface area (Å²) in [6.07, 6.45) is 3.79. The van der Waals surface area contributed by atoms with Gasteiger partial charge in [0.25, 0.3) is 0 Å². The molecule has 0 aliphatic carbocycles. The van der Waals surface area contributed by atoms with Crippen molar-refractivity contribution in [2.75, 3.05) is 25.0 Å². The average Bonchev–Trinajstić information content (AvgIpc) is 2.24. The number of hydrogen-bond donors (Lipinski definition) is 1. The van der Waals surface area contributed by atoms with Crippen molar-refractivity contribution in [1.29, 1.82) is 0 Å². The first-order valence-electron chi connectivity index (χ1n) is 6.15. The molecule has 0 bridgehead atoms. The molecular weight excluding hydrogens is 212 g/mol. The van der Waals surface area contributed by atoms with Gasteiger partial charge in [-0.2, -0.15) is 0 Å². The summed E-state index contributed by atoms with van der Waals surface area (Å²) in [5.41, 5.74) is 1.38. The summed E-state index contributed by atoms with van der Waals surface area (Å²) in [4.78, 5) is 10.9. The summed E-state index contributed by atoms with van der Waals surface area (Å²) in [7, 11) is 2.03. The Morgan fingerprint density at radius 2 is 1.82 bits per heavy atom. The van der Waals surface area contributed by atoms with Gasteiger partial charge in [0.15, 0.2) is 0 Å². The molecule has 0 fully saturated rings. The molecule has 4 heteroatoms. The Labute approximate surface area is 104 Å². The molecule has 0 saturated carbocycles. The fraction of sp³-hybridized carbons (Fsp3) is 0.692. The minimum Gasteiger partial charge on any atom is -0.343 e. The Morgan fingerprint density at radius 3 is 2.29 bits per heavy atom. The largest absolute Gasteiger partial charge is 0.343 e. The molecule has 0 spiro atoms. The molecule has 1 heterocycles. The molecule has 17 heavy (non-hydrogen) atoms. The Balaban J connectivity index is 2.60. The molecule has 4 nitrogen and oxygen atoms in total. The van der Waals surface area contributed by atoms with E-state index in [0.717, 1.165) is 31.1 Å². The highest BCUT2D eigenvalue weighted by Crippen LogP contribution is 2.17. The lowest BCUT2D eigenvalue weighted by atomic mass is 9.96. The minimum absolute atomic E-state index is 0.251. The van der Waals surface area contributed by atoms with Crippen molar-refractivity contribution < 1.29 is 0 Å². The van der Waals surface area contributed by atoms with E-state index in [9.17, 15) is 0 Å². The van der Waals surface area contributed by atoms with Crippen molar-refractivity contribution >= 4 is 5.95 Å². The van der Waals surface area contributed by atoms with Gasteiger partial charge in [0.1, 0.15) is 0 Å². The summed E-state index contributed by atoms with van der Waals surface area (Å²) in [5, 5.41) is 3.26. The zero-order valence-corrected chi connectivity index (χ0v) is 11.6. The van der Waals surface area contributed by atoms with Crippen molar-refractivity contribution in [3.05, 3.63) is 18.0 Å². The van der Waals surface area contributed by atoms with E-state index in [-0.39, 0.29) is 5.41 Å². The Morgan fingerprint density at radius 1 is 1.24 bits per heavy atom. The van der Waals surface area contributed by atoms with E-state index in [1.807, 2.05) is 19.4 Å². The van der Waals surface area contributed by atoms with Crippen LogP contribution in [0.15, 0.2) is 12.4 Å². The van der Waals surface area contributed by atoms with Crippen molar-refractivity contribution in [3.8, 4) is 0 Å². The summed E-state index contributed by atoms with van der Waals surface area (Å²) in [6.45, 7) is 11.5. The Bertz CT molecular complexity index is 326. The van der Waals surface area contributed by atoms with Crippen LogP contribution in [0.25, 0.3) is 0 Å². The first-order chi connectivity index (χ1) is 7.92. The fourth-order valence-corrected chi connectivity index (χ4v) is 1.69. The number of rotatable bonds is 5. The predicted octanol–water partition coefficient (Wildman–Crippen LogP) is 2.07. The third-order valence-electron chi connectivity index (χ3n) is 2.32. The lowest BCUT2D eigenvalue weighted by Gasteiger charge is -2.26. The molecule has 0 aliphatic rings. The van der Waals surface area contributed by atoms with Gasteiger partial charge in [-0.15, -0.1) is 0 Å². The van der Waals surface area contributed by atoms with E-state index < -0.39 is 0 Å². The van der Waals surface area contributed by atoms with E-state index >= 15 is 0 Å². The highest BCUT2D eigenvalue weighted by atomic mass is 15.2. The van der Waals surface area contributed by atoms with E-state index in [2.05, 4.69) is 47.9 Å². The molecule has 0 aromatic carbocycles. The highest BCUT2D eigenvalue weighted by molar-refractivity contribution is 5.28. The second kappa shape index (κ2) is 5.96. The first-order valence-corrected chi connectivity index (χ1v) is 6.15. The maximum Gasteiger partial charge on any atom is 0.225 e. The van der Waals surface area contributed by atoms with Gasteiger partial charge < -0.3 is 10.2 Å². The van der Waals surface area contributed by atoms with Gasteiger partial charge >= 0.3 is 0 Å². The van der Waals surface area contributed by atoms with E-state index in [1.54, 1.807) is 0 Å². The van der Waals surface area contributed by atoms with Crippen LogP contribution < -0.4 is 10.2 Å². The quantitative estimate of drug-likeness (QED) is 0.849. The number of anilines is 1. The maximum atomic E-state index is 4.39. The van der Waals surface area contributed by atoms with E-state index in [0.29, 0.717) is 0 Å². The molecule has 0 aliphatic heterocycles. The zero-order valence-electron chi connectivity index (χ0n) is 11.6. The molecule has 0 atom stereocenters. The Kier molecular flexibility index (Phi) is 4.87.